The van der Waals surface area contributed by atoms with E-state index in [1.807, 2.05) is 61.5 Å². The Morgan fingerprint density at radius 2 is 1.85 bits per heavy atom. The zero-order valence-electron chi connectivity index (χ0n) is 11.7. The largest absolute Gasteiger partial charge is 0.494 e. The maximum atomic E-state index is 10.4. The summed E-state index contributed by atoms with van der Waals surface area (Å²) in [5, 5.41) is 10.4. The topological polar surface area (TPSA) is 55.5 Å². The summed E-state index contributed by atoms with van der Waals surface area (Å²) in [6, 6.07) is 17.1. The first-order valence-corrected chi connectivity index (χ1v) is 6.91. The number of hydrogen-bond acceptors (Lipinski definition) is 3. The van der Waals surface area contributed by atoms with Crippen LogP contribution in [0.15, 0.2) is 54.6 Å². The molecule has 106 valence electrons. The van der Waals surface area contributed by atoms with Gasteiger partial charge in [0.1, 0.15) is 5.75 Å². The van der Waals surface area contributed by atoms with Crippen LogP contribution in [-0.4, -0.2) is 17.8 Å². The van der Waals surface area contributed by atoms with Crippen molar-refractivity contribution < 1.29 is 9.84 Å². The molecule has 0 heterocycles. The van der Waals surface area contributed by atoms with Crippen molar-refractivity contribution in [3.8, 4) is 5.75 Å². The number of benzene rings is 2. The van der Waals surface area contributed by atoms with Crippen LogP contribution >= 0.6 is 0 Å². The molecule has 0 amide bonds. The minimum atomic E-state index is -0.699. The molecule has 0 fully saturated rings. The molecule has 3 N–H and O–H groups in total. The predicted octanol–water partition coefficient (Wildman–Crippen LogP) is 2.69. The van der Waals surface area contributed by atoms with Crippen LogP contribution in [0.3, 0.4) is 0 Å². The molecular weight excluding hydrogens is 250 g/mol. The van der Waals surface area contributed by atoms with Crippen LogP contribution in [0.2, 0.25) is 0 Å². The highest BCUT2D eigenvalue weighted by Crippen LogP contribution is 2.22. The van der Waals surface area contributed by atoms with Gasteiger partial charge in [0.2, 0.25) is 0 Å². The molecule has 3 heteroatoms. The predicted molar refractivity (Wildman–Crippen MR) is 80.7 cm³/mol. The van der Waals surface area contributed by atoms with E-state index in [0.717, 1.165) is 16.9 Å². The normalized spacial score (nSPS) is 13.8. The SMILES string of the molecule is CCOc1cccc(C(O)C(N)Cc2ccccc2)c1. The lowest BCUT2D eigenvalue weighted by atomic mass is 9.97. The first kappa shape index (κ1) is 14.6. The summed E-state index contributed by atoms with van der Waals surface area (Å²) in [4.78, 5) is 0. The summed E-state index contributed by atoms with van der Waals surface area (Å²) in [7, 11) is 0. The minimum absolute atomic E-state index is 0.339. The van der Waals surface area contributed by atoms with Crippen molar-refractivity contribution in [2.24, 2.45) is 5.73 Å². The van der Waals surface area contributed by atoms with E-state index in [9.17, 15) is 5.11 Å². The van der Waals surface area contributed by atoms with E-state index in [1.54, 1.807) is 0 Å². The van der Waals surface area contributed by atoms with E-state index >= 15 is 0 Å². The summed E-state index contributed by atoms with van der Waals surface area (Å²) in [5.74, 6) is 0.760. The van der Waals surface area contributed by atoms with E-state index in [1.165, 1.54) is 0 Å². The highest BCUT2D eigenvalue weighted by molar-refractivity contribution is 5.31. The van der Waals surface area contributed by atoms with Crippen LogP contribution < -0.4 is 10.5 Å². The van der Waals surface area contributed by atoms with Crippen molar-refractivity contribution in [3.05, 3.63) is 65.7 Å². The first-order valence-electron chi connectivity index (χ1n) is 6.91. The summed E-state index contributed by atoms with van der Waals surface area (Å²) in [5.41, 5.74) is 8.03. The van der Waals surface area contributed by atoms with E-state index in [4.69, 9.17) is 10.5 Å². The molecule has 20 heavy (non-hydrogen) atoms. The van der Waals surface area contributed by atoms with Crippen molar-refractivity contribution in [1.82, 2.24) is 0 Å². The monoisotopic (exact) mass is 271 g/mol. The van der Waals surface area contributed by atoms with Gasteiger partial charge in [0.25, 0.3) is 0 Å². The third-order valence-corrected chi connectivity index (χ3v) is 3.23. The highest BCUT2D eigenvalue weighted by Gasteiger charge is 2.17. The van der Waals surface area contributed by atoms with E-state index in [0.29, 0.717) is 13.0 Å². The van der Waals surface area contributed by atoms with E-state index in [2.05, 4.69) is 0 Å². The van der Waals surface area contributed by atoms with Crippen molar-refractivity contribution in [3.63, 3.8) is 0 Å². The van der Waals surface area contributed by atoms with Crippen molar-refractivity contribution in [2.75, 3.05) is 6.61 Å². The fraction of sp³-hybridized carbons (Fsp3) is 0.294. The van der Waals surface area contributed by atoms with Crippen LogP contribution in [0.25, 0.3) is 0 Å². The van der Waals surface area contributed by atoms with Crippen LogP contribution in [0, 0.1) is 0 Å². The molecule has 0 radical (unpaired) electrons. The average Bonchev–Trinajstić information content (AvgIpc) is 2.48. The molecule has 0 bridgehead atoms. The Bertz CT molecular complexity index is 528. The van der Waals surface area contributed by atoms with Crippen molar-refractivity contribution in [2.45, 2.75) is 25.5 Å². The van der Waals surface area contributed by atoms with Gasteiger partial charge in [0.15, 0.2) is 0 Å². The molecule has 2 aromatic carbocycles. The fourth-order valence-electron chi connectivity index (χ4n) is 2.20. The van der Waals surface area contributed by atoms with Crippen LogP contribution in [-0.2, 0) is 6.42 Å². The van der Waals surface area contributed by atoms with Gasteiger partial charge in [-0.25, -0.2) is 0 Å². The van der Waals surface area contributed by atoms with Crippen LogP contribution in [0.1, 0.15) is 24.2 Å². The molecule has 2 rings (SSSR count). The van der Waals surface area contributed by atoms with Gasteiger partial charge in [-0.2, -0.15) is 0 Å². The zero-order chi connectivity index (χ0) is 14.4. The summed E-state index contributed by atoms with van der Waals surface area (Å²) >= 11 is 0. The lowest BCUT2D eigenvalue weighted by molar-refractivity contribution is 0.145. The second-order valence-electron chi connectivity index (χ2n) is 4.80. The first-order chi connectivity index (χ1) is 9.70. The number of aliphatic hydroxyl groups is 1. The van der Waals surface area contributed by atoms with Gasteiger partial charge in [-0.3, -0.25) is 0 Å². The van der Waals surface area contributed by atoms with Crippen molar-refractivity contribution in [1.29, 1.82) is 0 Å². The van der Waals surface area contributed by atoms with Gasteiger partial charge in [-0.1, -0.05) is 42.5 Å². The summed E-state index contributed by atoms with van der Waals surface area (Å²) < 4.78 is 5.44. The second-order valence-corrected chi connectivity index (χ2v) is 4.80. The molecule has 0 aliphatic rings. The third kappa shape index (κ3) is 3.83. The average molecular weight is 271 g/mol. The minimum Gasteiger partial charge on any atom is -0.494 e. The number of ether oxygens (including phenoxy) is 1. The Labute approximate surface area is 120 Å². The van der Waals surface area contributed by atoms with E-state index < -0.39 is 6.10 Å². The number of aliphatic hydroxyl groups excluding tert-OH is 1. The van der Waals surface area contributed by atoms with E-state index in [-0.39, 0.29) is 6.04 Å². The second kappa shape index (κ2) is 7.08. The molecule has 3 nitrogen and oxygen atoms in total. The molecule has 0 saturated carbocycles. The van der Waals surface area contributed by atoms with Gasteiger partial charge in [-0.15, -0.1) is 0 Å². The smallest absolute Gasteiger partial charge is 0.119 e. The number of hydrogen-bond donors (Lipinski definition) is 2. The summed E-state index contributed by atoms with van der Waals surface area (Å²) in [6.45, 7) is 2.54. The molecule has 0 saturated heterocycles. The molecule has 2 atom stereocenters. The molecule has 0 spiro atoms. The van der Waals surface area contributed by atoms with Gasteiger partial charge in [0.05, 0.1) is 12.7 Å². The fourth-order valence-corrected chi connectivity index (χ4v) is 2.20. The molecule has 0 aliphatic heterocycles. The Hall–Kier alpha value is -1.84. The Morgan fingerprint density at radius 1 is 1.10 bits per heavy atom. The zero-order valence-corrected chi connectivity index (χ0v) is 11.7. The molecular formula is C17H21NO2. The third-order valence-electron chi connectivity index (χ3n) is 3.23. The van der Waals surface area contributed by atoms with Crippen LogP contribution in [0.5, 0.6) is 5.75 Å². The molecule has 2 unspecified atom stereocenters. The standard InChI is InChI=1S/C17H21NO2/c1-2-20-15-10-6-9-14(12-15)17(19)16(18)11-13-7-4-3-5-8-13/h3-10,12,16-17,19H,2,11,18H2,1H3. The maximum absolute atomic E-state index is 10.4. The lowest BCUT2D eigenvalue weighted by Gasteiger charge is -2.20. The lowest BCUT2D eigenvalue weighted by Crippen LogP contribution is -2.30. The highest BCUT2D eigenvalue weighted by atomic mass is 16.5. The van der Waals surface area contributed by atoms with Crippen molar-refractivity contribution >= 4 is 0 Å². The van der Waals surface area contributed by atoms with Gasteiger partial charge >= 0.3 is 0 Å². The number of rotatable bonds is 6. The maximum Gasteiger partial charge on any atom is 0.119 e. The molecule has 0 aromatic heterocycles. The van der Waals surface area contributed by atoms with Gasteiger partial charge < -0.3 is 15.6 Å². The van der Waals surface area contributed by atoms with Gasteiger partial charge in [-0.05, 0) is 36.6 Å². The Kier molecular flexibility index (Phi) is 5.16. The molecule has 2 aromatic rings. The Balaban J connectivity index is 2.06. The summed E-state index contributed by atoms with van der Waals surface area (Å²) in [6.07, 6.45) is -0.0588. The van der Waals surface area contributed by atoms with Gasteiger partial charge in [0, 0.05) is 6.04 Å². The van der Waals surface area contributed by atoms with Crippen LogP contribution in [0.4, 0.5) is 0 Å². The quantitative estimate of drug-likeness (QED) is 0.849. The Morgan fingerprint density at radius 3 is 2.55 bits per heavy atom. The number of nitrogens with two attached hydrogens (primary N) is 1. The molecule has 0 aliphatic carbocycles.